The van der Waals surface area contributed by atoms with E-state index in [4.69, 9.17) is 4.98 Å². The van der Waals surface area contributed by atoms with Crippen LogP contribution in [0.1, 0.15) is 5.69 Å². The van der Waals surface area contributed by atoms with Crippen molar-refractivity contribution in [3.63, 3.8) is 0 Å². The van der Waals surface area contributed by atoms with Gasteiger partial charge in [0.2, 0.25) is 0 Å². The van der Waals surface area contributed by atoms with Crippen molar-refractivity contribution in [2.75, 3.05) is 0 Å². The molecule has 0 fully saturated rings. The van der Waals surface area contributed by atoms with Gasteiger partial charge in [-0.2, -0.15) is 0 Å². The van der Waals surface area contributed by atoms with E-state index in [1.54, 1.807) is 30.7 Å². The highest BCUT2D eigenvalue weighted by Gasteiger charge is 2.14. The first-order valence-corrected chi connectivity index (χ1v) is 7.24. The summed E-state index contributed by atoms with van der Waals surface area (Å²) in [5.74, 6) is 0.488. The second kappa shape index (κ2) is 5.28. The predicted octanol–water partition coefficient (Wildman–Crippen LogP) is 3.93. The van der Waals surface area contributed by atoms with Crippen LogP contribution in [0.3, 0.4) is 0 Å². The Morgan fingerprint density at radius 2 is 1.78 bits per heavy atom. The fourth-order valence-corrected chi connectivity index (χ4v) is 2.57. The van der Waals surface area contributed by atoms with Gasteiger partial charge >= 0.3 is 0 Å². The van der Waals surface area contributed by atoms with Crippen LogP contribution in [0.15, 0.2) is 61.1 Å². The molecule has 0 aliphatic carbocycles. The van der Waals surface area contributed by atoms with Gasteiger partial charge in [0.05, 0.1) is 17.2 Å². The molecule has 4 rings (SSSR count). The summed E-state index contributed by atoms with van der Waals surface area (Å²) in [7, 11) is 0. The highest BCUT2D eigenvalue weighted by molar-refractivity contribution is 5.82. The lowest BCUT2D eigenvalue weighted by molar-refractivity contribution is 0.627. The van der Waals surface area contributed by atoms with E-state index in [0.29, 0.717) is 0 Å². The zero-order chi connectivity index (χ0) is 15.8. The first kappa shape index (κ1) is 13.6. The van der Waals surface area contributed by atoms with Gasteiger partial charge in [0.25, 0.3) is 0 Å². The molecule has 3 heterocycles. The Kier molecular flexibility index (Phi) is 3.12. The number of hydrogen-bond acceptors (Lipinski definition) is 3. The van der Waals surface area contributed by atoms with Crippen LogP contribution in [0.25, 0.3) is 28.1 Å². The van der Waals surface area contributed by atoms with Gasteiger partial charge in [-0.3, -0.25) is 14.5 Å². The maximum Gasteiger partial charge on any atom is 0.147 e. The lowest BCUT2D eigenvalue weighted by atomic mass is 10.2. The normalized spacial score (nSPS) is 11.0. The molecule has 0 N–H and O–H groups in total. The molecule has 0 atom stereocenters. The zero-order valence-electron chi connectivity index (χ0n) is 12.4. The first-order chi connectivity index (χ1) is 11.2. The Morgan fingerprint density at radius 1 is 0.957 bits per heavy atom. The van der Waals surface area contributed by atoms with Crippen LogP contribution >= 0.6 is 0 Å². The summed E-state index contributed by atoms with van der Waals surface area (Å²) in [5, 5.41) is 0. The Labute approximate surface area is 132 Å². The van der Waals surface area contributed by atoms with E-state index in [2.05, 4.69) is 9.97 Å². The molecule has 4 nitrogen and oxygen atoms in total. The maximum absolute atomic E-state index is 13.3. The smallest absolute Gasteiger partial charge is 0.147 e. The number of aromatic nitrogens is 4. The standard InChI is InChI=1S/C18H13FN4/c1-12-2-3-13(10-21-12)18-22-16-8-9-20-11-17(16)23(18)15-6-4-14(19)5-7-15/h2-11H,1H3. The van der Waals surface area contributed by atoms with E-state index in [-0.39, 0.29) is 5.82 Å². The Hall–Kier alpha value is -3.08. The highest BCUT2D eigenvalue weighted by atomic mass is 19.1. The largest absolute Gasteiger partial charge is 0.291 e. The number of imidazole rings is 1. The fraction of sp³-hybridized carbons (Fsp3) is 0.0556. The van der Waals surface area contributed by atoms with Gasteiger partial charge in [0.15, 0.2) is 0 Å². The van der Waals surface area contributed by atoms with Crippen LogP contribution in [-0.4, -0.2) is 19.5 Å². The van der Waals surface area contributed by atoms with Gasteiger partial charge in [0, 0.05) is 29.3 Å². The minimum Gasteiger partial charge on any atom is -0.291 e. The molecule has 0 radical (unpaired) electrons. The fourth-order valence-electron chi connectivity index (χ4n) is 2.57. The van der Waals surface area contributed by atoms with Gasteiger partial charge in [-0.1, -0.05) is 0 Å². The van der Waals surface area contributed by atoms with Crippen LogP contribution in [0, 0.1) is 12.7 Å². The molecule has 0 unspecified atom stereocenters. The number of benzene rings is 1. The summed E-state index contributed by atoms with van der Waals surface area (Å²) in [6.45, 7) is 1.94. The maximum atomic E-state index is 13.3. The topological polar surface area (TPSA) is 43.6 Å². The second-order valence-corrected chi connectivity index (χ2v) is 5.30. The molecule has 1 aromatic carbocycles. The van der Waals surface area contributed by atoms with E-state index in [1.165, 1.54) is 12.1 Å². The number of aryl methyl sites for hydroxylation is 1. The minimum atomic E-state index is -0.269. The van der Waals surface area contributed by atoms with E-state index in [0.717, 1.165) is 33.8 Å². The van der Waals surface area contributed by atoms with Crippen LogP contribution in [0.2, 0.25) is 0 Å². The lowest BCUT2D eigenvalue weighted by Gasteiger charge is -2.09. The van der Waals surface area contributed by atoms with Crippen LogP contribution in [-0.2, 0) is 0 Å². The Bertz CT molecular complexity index is 972. The molecule has 23 heavy (non-hydrogen) atoms. The third kappa shape index (κ3) is 2.36. The zero-order valence-corrected chi connectivity index (χ0v) is 12.4. The summed E-state index contributed by atoms with van der Waals surface area (Å²) in [6.07, 6.45) is 5.27. The van der Waals surface area contributed by atoms with Gasteiger partial charge in [-0.25, -0.2) is 9.37 Å². The summed E-state index contributed by atoms with van der Waals surface area (Å²) in [4.78, 5) is 13.2. The van der Waals surface area contributed by atoms with Crippen LogP contribution in [0.4, 0.5) is 4.39 Å². The van der Waals surface area contributed by atoms with Crippen molar-refractivity contribution in [2.24, 2.45) is 0 Å². The lowest BCUT2D eigenvalue weighted by Crippen LogP contribution is -1.98. The van der Waals surface area contributed by atoms with E-state index < -0.39 is 0 Å². The van der Waals surface area contributed by atoms with Gasteiger partial charge in [-0.05, 0) is 49.4 Å². The molecule has 0 bridgehead atoms. The van der Waals surface area contributed by atoms with Gasteiger partial charge in [-0.15, -0.1) is 0 Å². The molecular weight excluding hydrogens is 291 g/mol. The van der Waals surface area contributed by atoms with Crippen molar-refractivity contribution in [2.45, 2.75) is 6.92 Å². The van der Waals surface area contributed by atoms with Crippen molar-refractivity contribution in [3.8, 4) is 17.1 Å². The van der Waals surface area contributed by atoms with Crippen molar-refractivity contribution >= 4 is 11.0 Å². The van der Waals surface area contributed by atoms with E-state index in [9.17, 15) is 4.39 Å². The summed E-state index contributed by atoms with van der Waals surface area (Å²) in [5.41, 5.74) is 4.38. The number of fused-ring (bicyclic) bond motifs is 1. The number of pyridine rings is 2. The summed E-state index contributed by atoms with van der Waals surface area (Å²) < 4.78 is 15.2. The molecule has 112 valence electrons. The molecule has 0 amide bonds. The van der Waals surface area contributed by atoms with Crippen LogP contribution in [0.5, 0.6) is 0 Å². The van der Waals surface area contributed by atoms with E-state index >= 15 is 0 Å². The molecule has 0 saturated carbocycles. The molecule has 4 aromatic rings. The van der Waals surface area contributed by atoms with Crippen molar-refractivity contribution in [1.29, 1.82) is 0 Å². The molecule has 5 heteroatoms. The minimum absolute atomic E-state index is 0.269. The highest BCUT2D eigenvalue weighted by Crippen LogP contribution is 2.27. The third-order valence-electron chi connectivity index (χ3n) is 3.71. The van der Waals surface area contributed by atoms with Gasteiger partial charge in [0.1, 0.15) is 11.6 Å². The summed E-state index contributed by atoms with van der Waals surface area (Å²) in [6, 6.07) is 12.1. The molecule has 0 aliphatic heterocycles. The Balaban J connectivity index is 2.01. The van der Waals surface area contributed by atoms with Crippen molar-refractivity contribution < 1.29 is 4.39 Å². The number of nitrogens with zero attached hydrogens (tertiary/aromatic N) is 4. The molecule has 0 saturated heterocycles. The second-order valence-electron chi connectivity index (χ2n) is 5.30. The van der Waals surface area contributed by atoms with E-state index in [1.807, 2.05) is 29.7 Å². The summed E-state index contributed by atoms with van der Waals surface area (Å²) >= 11 is 0. The molecular formula is C18H13FN4. The number of rotatable bonds is 2. The molecule has 0 spiro atoms. The first-order valence-electron chi connectivity index (χ1n) is 7.24. The van der Waals surface area contributed by atoms with Crippen molar-refractivity contribution in [1.82, 2.24) is 19.5 Å². The average molecular weight is 304 g/mol. The Morgan fingerprint density at radius 3 is 2.52 bits per heavy atom. The SMILES string of the molecule is Cc1ccc(-c2nc3ccncc3n2-c2ccc(F)cc2)cn1. The number of halogens is 1. The number of hydrogen-bond donors (Lipinski definition) is 0. The van der Waals surface area contributed by atoms with Crippen LogP contribution < -0.4 is 0 Å². The third-order valence-corrected chi connectivity index (χ3v) is 3.71. The van der Waals surface area contributed by atoms with Crippen molar-refractivity contribution in [3.05, 3.63) is 72.6 Å². The predicted molar refractivity (Wildman–Crippen MR) is 86.8 cm³/mol. The monoisotopic (exact) mass is 304 g/mol. The van der Waals surface area contributed by atoms with Gasteiger partial charge < -0.3 is 0 Å². The molecule has 0 aliphatic rings. The molecule has 3 aromatic heterocycles. The quantitative estimate of drug-likeness (QED) is 0.563. The average Bonchev–Trinajstić information content (AvgIpc) is 2.96.